The number of benzene rings is 2. The van der Waals surface area contributed by atoms with Crippen molar-refractivity contribution in [2.45, 2.75) is 32.3 Å². The Hall–Kier alpha value is -2.37. The highest BCUT2D eigenvalue weighted by molar-refractivity contribution is 5.96. The number of rotatable bonds is 8. The Labute approximate surface area is 166 Å². The molecule has 1 aliphatic heterocycles. The first kappa shape index (κ1) is 20.4. The summed E-state index contributed by atoms with van der Waals surface area (Å²) < 4.78 is 5.58. The largest absolute Gasteiger partial charge is 0.507 e. The summed E-state index contributed by atoms with van der Waals surface area (Å²) >= 11 is 0. The van der Waals surface area contributed by atoms with Gasteiger partial charge in [0, 0.05) is 12.6 Å². The molecule has 1 fully saturated rings. The molecule has 0 unspecified atom stereocenters. The fourth-order valence-electron chi connectivity index (χ4n) is 3.76. The molecule has 1 heterocycles. The highest BCUT2D eigenvalue weighted by Crippen LogP contribution is 2.24. The first-order valence-corrected chi connectivity index (χ1v) is 9.92. The van der Waals surface area contributed by atoms with E-state index in [1.54, 1.807) is 6.07 Å². The fourth-order valence-corrected chi connectivity index (χ4v) is 3.76. The number of aliphatic hydroxyl groups excluding tert-OH is 1. The number of phenolic OH excluding ortho intramolecular Hbond substituents is 1. The average Bonchev–Trinajstić information content (AvgIpc) is 2.68. The van der Waals surface area contributed by atoms with Gasteiger partial charge >= 0.3 is 0 Å². The Morgan fingerprint density at radius 3 is 2.54 bits per heavy atom. The van der Waals surface area contributed by atoms with Crippen molar-refractivity contribution in [3.8, 4) is 11.5 Å². The van der Waals surface area contributed by atoms with E-state index < -0.39 is 6.10 Å². The van der Waals surface area contributed by atoms with E-state index in [0.717, 1.165) is 32.4 Å². The molecule has 5 heteroatoms. The number of β-amino-alcohol motifs (C(OH)–C–C–N with tert-alkyl or cyclic N) is 1. The maximum Gasteiger partial charge on any atom is 0.163 e. The second-order valence-corrected chi connectivity index (χ2v) is 7.63. The lowest BCUT2D eigenvalue weighted by Gasteiger charge is -2.33. The number of aliphatic hydroxyl groups is 1. The number of hydrogen-bond acceptors (Lipinski definition) is 5. The van der Waals surface area contributed by atoms with Gasteiger partial charge in [0.2, 0.25) is 0 Å². The molecule has 0 radical (unpaired) electrons. The van der Waals surface area contributed by atoms with Crippen LogP contribution in [0.3, 0.4) is 0 Å². The highest BCUT2D eigenvalue weighted by atomic mass is 16.5. The Bertz CT molecular complexity index is 769. The second-order valence-electron chi connectivity index (χ2n) is 7.63. The van der Waals surface area contributed by atoms with Gasteiger partial charge in [-0.3, -0.25) is 4.79 Å². The number of carbonyl (C=O) groups excluding carboxylic acids is 1. The van der Waals surface area contributed by atoms with Crippen LogP contribution in [0.15, 0.2) is 48.5 Å². The first-order valence-electron chi connectivity index (χ1n) is 9.92. The molecule has 0 spiro atoms. The summed E-state index contributed by atoms with van der Waals surface area (Å²) in [5.41, 5.74) is 1.67. The molecular formula is C23H29NO4. The van der Waals surface area contributed by atoms with E-state index in [0.29, 0.717) is 18.2 Å². The number of aromatic hydroxyl groups is 1. The summed E-state index contributed by atoms with van der Waals surface area (Å²) in [4.78, 5) is 13.6. The molecule has 0 aliphatic carbocycles. The molecule has 0 amide bonds. The monoisotopic (exact) mass is 383 g/mol. The highest BCUT2D eigenvalue weighted by Gasteiger charge is 2.21. The second kappa shape index (κ2) is 9.71. The first-order chi connectivity index (χ1) is 13.5. The number of ether oxygens (including phenoxy) is 1. The topological polar surface area (TPSA) is 70.0 Å². The van der Waals surface area contributed by atoms with E-state index in [9.17, 15) is 15.0 Å². The van der Waals surface area contributed by atoms with Crippen LogP contribution in [0, 0.1) is 5.92 Å². The van der Waals surface area contributed by atoms with Crippen LogP contribution in [0.5, 0.6) is 11.5 Å². The van der Waals surface area contributed by atoms with Gasteiger partial charge in [0.25, 0.3) is 0 Å². The zero-order chi connectivity index (χ0) is 19.9. The van der Waals surface area contributed by atoms with E-state index in [2.05, 4.69) is 35.2 Å². The van der Waals surface area contributed by atoms with Gasteiger partial charge in [-0.25, -0.2) is 0 Å². The van der Waals surface area contributed by atoms with Crippen LogP contribution >= 0.6 is 0 Å². The van der Waals surface area contributed by atoms with Crippen LogP contribution in [0.25, 0.3) is 0 Å². The molecule has 3 rings (SSSR count). The van der Waals surface area contributed by atoms with Crippen molar-refractivity contribution < 1.29 is 19.7 Å². The summed E-state index contributed by atoms with van der Waals surface area (Å²) in [5.74, 6) is 0.859. The SMILES string of the molecule is CC(=O)c1ccc(OC[C@H](O)CN2CCC(Cc3ccccc3)CC2)cc1O. The Kier molecular flexibility index (Phi) is 7.06. The zero-order valence-corrected chi connectivity index (χ0v) is 16.4. The minimum Gasteiger partial charge on any atom is -0.507 e. The fraction of sp³-hybridized carbons (Fsp3) is 0.435. The number of hydrogen-bond donors (Lipinski definition) is 2. The molecule has 1 aliphatic rings. The molecule has 0 aromatic heterocycles. The normalized spacial score (nSPS) is 16.6. The Balaban J connectivity index is 1.39. The third-order valence-corrected chi connectivity index (χ3v) is 5.33. The van der Waals surface area contributed by atoms with Gasteiger partial charge in [-0.2, -0.15) is 0 Å². The van der Waals surface area contributed by atoms with Crippen molar-refractivity contribution >= 4 is 5.78 Å². The summed E-state index contributed by atoms with van der Waals surface area (Å²) in [6.07, 6.45) is 2.81. The van der Waals surface area contributed by atoms with Crippen LogP contribution in [0.1, 0.15) is 35.7 Å². The lowest BCUT2D eigenvalue weighted by Crippen LogP contribution is -2.41. The zero-order valence-electron chi connectivity index (χ0n) is 16.4. The Morgan fingerprint density at radius 1 is 1.18 bits per heavy atom. The molecule has 2 aromatic rings. The number of likely N-dealkylation sites (tertiary alicyclic amines) is 1. The van der Waals surface area contributed by atoms with Crippen LogP contribution in [-0.2, 0) is 6.42 Å². The van der Waals surface area contributed by atoms with Crippen LogP contribution in [0.2, 0.25) is 0 Å². The van der Waals surface area contributed by atoms with Gasteiger partial charge in [-0.15, -0.1) is 0 Å². The van der Waals surface area contributed by atoms with Crippen molar-refractivity contribution in [1.29, 1.82) is 0 Å². The molecule has 2 N–H and O–H groups in total. The molecule has 150 valence electrons. The minimum absolute atomic E-state index is 0.0972. The third-order valence-electron chi connectivity index (χ3n) is 5.33. The van der Waals surface area contributed by atoms with E-state index in [1.807, 2.05) is 0 Å². The molecule has 2 aromatic carbocycles. The maximum absolute atomic E-state index is 11.3. The van der Waals surface area contributed by atoms with Crippen molar-refractivity contribution in [2.75, 3.05) is 26.2 Å². The standard InChI is InChI=1S/C23H29NO4/c1-17(25)22-8-7-21(14-23(22)27)28-16-20(26)15-24-11-9-19(10-12-24)13-18-5-3-2-4-6-18/h2-8,14,19-20,26-27H,9-13,15-16H2,1H3/t20-/m1/s1. The predicted molar refractivity (Wildman–Crippen MR) is 109 cm³/mol. The van der Waals surface area contributed by atoms with E-state index in [1.165, 1.54) is 24.6 Å². The number of Topliss-reactive ketones (excluding diaryl/α,β-unsaturated/α-hetero) is 1. The van der Waals surface area contributed by atoms with Gasteiger partial charge in [0.05, 0.1) is 5.56 Å². The number of carbonyl (C=O) groups is 1. The number of phenols is 1. The van der Waals surface area contributed by atoms with Crippen molar-refractivity contribution in [3.63, 3.8) is 0 Å². The molecule has 1 saturated heterocycles. The third kappa shape index (κ3) is 5.81. The van der Waals surface area contributed by atoms with Gasteiger partial charge < -0.3 is 19.8 Å². The number of ketones is 1. The summed E-state index contributed by atoms with van der Waals surface area (Å²) in [6, 6.07) is 15.2. The Morgan fingerprint density at radius 2 is 1.89 bits per heavy atom. The molecule has 0 saturated carbocycles. The summed E-state index contributed by atoms with van der Waals surface area (Å²) in [7, 11) is 0. The van der Waals surface area contributed by atoms with E-state index in [-0.39, 0.29) is 23.7 Å². The molecule has 1 atom stereocenters. The van der Waals surface area contributed by atoms with Crippen LogP contribution < -0.4 is 4.74 Å². The average molecular weight is 383 g/mol. The van der Waals surface area contributed by atoms with Crippen LogP contribution in [-0.4, -0.2) is 53.2 Å². The number of nitrogens with zero attached hydrogens (tertiary/aromatic N) is 1. The van der Waals surface area contributed by atoms with Crippen molar-refractivity contribution in [2.24, 2.45) is 5.92 Å². The van der Waals surface area contributed by atoms with Crippen molar-refractivity contribution in [3.05, 3.63) is 59.7 Å². The van der Waals surface area contributed by atoms with E-state index in [4.69, 9.17) is 4.74 Å². The predicted octanol–water partition coefficient (Wildman–Crippen LogP) is 3.29. The lowest BCUT2D eigenvalue weighted by molar-refractivity contribution is 0.0550. The molecule has 0 bridgehead atoms. The quantitative estimate of drug-likeness (QED) is 0.685. The van der Waals surface area contributed by atoms with Crippen LogP contribution in [0.4, 0.5) is 0 Å². The van der Waals surface area contributed by atoms with Gasteiger partial charge in [0.1, 0.15) is 24.2 Å². The maximum atomic E-state index is 11.3. The van der Waals surface area contributed by atoms with Gasteiger partial charge in [-0.1, -0.05) is 30.3 Å². The lowest BCUT2D eigenvalue weighted by atomic mass is 9.90. The van der Waals surface area contributed by atoms with Gasteiger partial charge in [0.15, 0.2) is 5.78 Å². The molecule has 28 heavy (non-hydrogen) atoms. The molecular weight excluding hydrogens is 354 g/mol. The van der Waals surface area contributed by atoms with E-state index >= 15 is 0 Å². The van der Waals surface area contributed by atoms with Gasteiger partial charge in [-0.05, 0) is 62.9 Å². The summed E-state index contributed by atoms with van der Waals surface area (Å²) in [5, 5.41) is 20.1. The smallest absolute Gasteiger partial charge is 0.163 e. The minimum atomic E-state index is -0.597. The number of piperidine rings is 1. The molecule has 5 nitrogen and oxygen atoms in total. The van der Waals surface area contributed by atoms with Crippen molar-refractivity contribution in [1.82, 2.24) is 4.90 Å². The summed E-state index contributed by atoms with van der Waals surface area (Å²) in [6.45, 7) is 4.12.